The van der Waals surface area contributed by atoms with Crippen molar-refractivity contribution in [2.24, 2.45) is 7.05 Å². The van der Waals surface area contributed by atoms with Gasteiger partial charge in [-0.25, -0.2) is 4.68 Å². The van der Waals surface area contributed by atoms with Crippen LogP contribution in [0.25, 0.3) is 0 Å². The van der Waals surface area contributed by atoms with Gasteiger partial charge in [0.2, 0.25) is 5.95 Å². The zero-order chi connectivity index (χ0) is 10.8. The maximum Gasteiger partial charge on any atom is 0.218 e. The highest BCUT2D eigenvalue weighted by molar-refractivity contribution is 6.30. The van der Waals surface area contributed by atoms with E-state index in [4.69, 9.17) is 17.3 Å². The molecule has 78 valence electrons. The van der Waals surface area contributed by atoms with Crippen LogP contribution in [0.15, 0.2) is 24.3 Å². The minimum atomic E-state index is 0.423. The Kier molecular flexibility index (Phi) is 2.60. The topological polar surface area (TPSA) is 56.7 Å². The maximum atomic E-state index is 5.88. The minimum absolute atomic E-state index is 0.423. The van der Waals surface area contributed by atoms with Gasteiger partial charge in [0.05, 0.1) is 0 Å². The van der Waals surface area contributed by atoms with Crippen molar-refractivity contribution in [2.45, 2.75) is 6.42 Å². The summed E-state index contributed by atoms with van der Waals surface area (Å²) in [5.74, 6) is 1.13. The van der Waals surface area contributed by atoms with Crippen molar-refractivity contribution in [1.29, 1.82) is 0 Å². The van der Waals surface area contributed by atoms with Gasteiger partial charge in [0.1, 0.15) is 0 Å². The Morgan fingerprint density at radius 1 is 1.47 bits per heavy atom. The molecule has 2 rings (SSSR count). The second-order valence-electron chi connectivity index (χ2n) is 3.32. The van der Waals surface area contributed by atoms with Crippen LogP contribution in [-0.4, -0.2) is 14.8 Å². The SMILES string of the molecule is Cn1nc(Cc2cccc(Cl)c2)nc1N. The molecule has 5 heteroatoms. The summed E-state index contributed by atoms with van der Waals surface area (Å²) in [5, 5.41) is 4.89. The molecule has 0 fully saturated rings. The number of hydrogen-bond donors (Lipinski definition) is 1. The van der Waals surface area contributed by atoms with Gasteiger partial charge in [0, 0.05) is 18.5 Å². The van der Waals surface area contributed by atoms with Crippen molar-refractivity contribution < 1.29 is 0 Å². The fourth-order valence-electron chi connectivity index (χ4n) is 1.36. The second kappa shape index (κ2) is 3.90. The number of aromatic nitrogens is 3. The molecule has 0 radical (unpaired) electrons. The van der Waals surface area contributed by atoms with Crippen molar-refractivity contribution in [3.63, 3.8) is 0 Å². The van der Waals surface area contributed by atoms with Crippen molar-refractivity contribution in [3.05, 3.63) is 40.7 Å². The summed E-state index contributed by atoms with van der Waals surface area (Å²) in [4.78, 5) is 4.12. The summed E-state index contributed by atoms with van der Waals surface area (Å²) in [6, 6.07) is 7.63. The Balaban J connectivity index is 2.22. The van der Waals surface area contributed by atoms with Gasteiger partial charge in [-0.2, -0.15) is 10.1 Å². The lowest BCUT2D eigenvalue weighted by Gasteiger charge is -1.97. The largest absolute Gasteiger partial charge is 0.368 e. The standard InChI is InChI=1S/C10H11ClN4/c1-15-10(12)13-9(14-15)6-7-3-2-4-8(11)5-7/h2-5H,6H2,1H3,(H2,12,13,14). The van der Waals surface area contributed by atoms with Crippen LogP contribution in [0.2, 0.25) is 5.02 Å². The minimum Gasteiger partial charge on any atom is -0.368 e. The summed E-state index contributed by atoms with van der Waals surface area (Å²) < 4.78 is 1.56. The fourth-order valence-corrected chi connectivity index (χ4v) is 1.57. The van der Waals surface area contributed by atoms with Crippen LogP contribution < -0.4 is 5.73 Å². The monoisotopic (exact) mass is 222 g/mol. The van der Waals surface area contributed by atoms with Gasteiger partial charge in [0.25, 0.3) is 0 Å². The fraction of sp³-hybridized carbons (Fsp3) is 0.200. The van der Waals surface area contributed by atoms with Crippen LogP contribution in [0, 0.1) is 0 Å². The molecule has 2 N–H and O–H groups in total. The zero-order valence-corrected chi connectivity index (χ0v) is 9.07. The molecule has 15 heavy (non-hydrogen) atoms. The van der Waals surface area contributed by atoms with E-state index in [1.807, 2.05) is 24.3 Å². The first-order chi connectivity index (χ1) is 7.15. The Morgan fingerprint density at radius 2 is 2.27 bits per heavy atom. The van der Waals surface area contributed by atoms with E-state index in [9.17, 15) is 0 Å². The number of nitrogens with zero attached hydrogens (tertiary/aromatic N) is 3. The molecule has 1 aromatic heterocycles. The van der Waals surface area contributed by atoms with E-state index < -0.39 is 0 Å². The van der Waals surface area contributed by atoms with Gasteiger partial charge in [-0.3, -0.25) is 0 Å². The molecule has 2 aromatic rings. The van der Waals surface area contributed by atoms with Crippen molar-refractivity contribution in [2.75, 3.05) is 5.73 Å². The lowest BCUT2D eigenvalue weighted by molar-refractivity contribution is 0.759. The predicted molar refractivity (Wildman–Crippen MR) is 59.7 cm³/mol. The van der Waals surface area contributed by atoms with Crippen molar-refractivity contribution in [1.82, 2.24) is 14.8 Å². The van der Waals surface area contributed by atoms with Crippen LogP contribution in [0.3, 0.4) is 0 Å². The van der Waals surface area contributed by atoms with E-state index in [1.54, 1.807) is 11.7 Å². The van der Waals surface area contributed by atoms with Crippen LogP contribution in [0.1, 0.15) is 11.4 Å². The number of halogens is 1. The summed E-state index contributed by atoms with van der Waals surface area (Å²) in [6.45, 7) is 0. The highest BCUT2D eigenvalue weighted by Crippen LogP contribution is 2.13. The second-order valence-corrected chi connectivity index (χ2v) is 3.75. The normalized spacial score (nSPS) is 10.5. The number of aryl methyl sites for hydroxylation is 1. The molecule has 1 heterocycles. The van der Waals surface area contributed by atoms with Gasteiger partial charge < -0.3 is 5.73 Å². The maximum absolute atomic E-state index is 5.88. The van der Waals surface area contributed by atoms with Crippen LogP contribution in [0.5, 0.6) is 0 Å². The molecule has 0 aliphatic rings. The zero-order valence-electron chi connectivity index (χ0n) is 8.31. The average Bonchev–Trinajstić information content (AvgIpc) is 2.45. The summed E-state index contributed by atoms with van der Waals surface area (Å²) in [6.07, 6.45) is 0.644. The number of anilines is 1. The molecule has 0 aliphatic heterocycles. The van der Waals surface area contributed by atoms with Crippen molar-refractivity contribution in [3.8, 4) is 0 Å². The Bertz CT molecular complexity index is 459. The number of hydrogen-bond acceptors (Lipinski definition) is 3. The molecule has 4 nitrogen and oxygen atoms in total. The first kappa shape index (κ1) is 9.98. The molecule has 0 amide bonds. The third-order valence-electron chi connectivity index (χ3n) is 2.09. The van der Waals surface area contributed by atoms with Gasteiger partial charge in [-0.15, -0.1) is 0 Å². The van der Waals surface area contributed by atoms with Crippen molar-refractivity contribution >= 4 is 17.5 Å². The highest BCUT2D eigenvalue weighted by Gasteiger charge is 2.04. The Hall–Kier alpha value is -1.55. The van der Waals surface area contributed by atoms with E-state index in [-0.39, 0.29) is 0 Å². The molecule has 0 saturated heterocycles. The lowest BCUT2D eigenvalue weighted by atomic mass is 10.1. The van der Waals surface area contributed by atoms with Crippen LogP contribution in [0.4, 0.5) is 5.95 Å². The van der Waals surface area contributed by atoms with Gasteiger partial charge in [-0.05, 0) is 17.7 Å². The molecule has 0 saturated carbocycles. The van der Waals surface area contributed by atoms with Gasteiger partial charge >= 0.3 is 0 Å². The molecular formula is C10H11ClN4. The first-order valence-electron chi connectivity index (χ1n) is 4.55. The molecule has 1 aromatic carbocycles. The highest BCUT2D eigenvalue weighted by atomic mass is 35.5. The van der Waals surface area contributed by atoms with Gasteiger partial charge in [-0.1, -0.05) is 23.7 Å². The van der Waals surface area contributed by atoms with E-state index in [1.165, 1.54) is 0 Å². The quantitative estimate of drug-likeness (QED) is 0.841. The number of rotatable bonds is 2. The summed E-state index contributed by atoms with van der Waals surface area (Å²) in [5.41, 5.74) is 6.66. The first-order valence-corrected chi connectivity index (χ1v) is 4.93. The molecule has 0 spiro atoms. The molecule has 0 unspecified atom stereocenters. The van der Waals surface area contributed by atoms with Gasteiger partial charge in [0.15, 0.2) is 5.82 Å². The van der Waals surface area contributed by atoms with E-state index in [2.05, 4.69) is 10.1 Å². The summed E-state index contributed by atoms with van der Waals surface area (Å²) >= 11 is 5.88. The third-order valence-corrected chi connectivity index (χ3v) is 2.33. The molecule has 0 bridgehead atoms. The van der Waals surface area contributed by atoms with E-state index >= 15 is 0 Å². The number of nitrogens with two attached hydrogens (primary N) is 1. The van der Waals surface area contributed by atoms with E-state index in [0.29, 0.717) is 18.2 Å². The predicted octanol–water partition coefficient (Wildman–Crippen LogP) is 1.64. The number of benzene rings is 1. The number of nitrogen functional groups attached to an aromatic ring is 1. The molecule has 0 aliphatic carbocycles. The van der Waals surface area contributed by atoms with Crippen LogP contribution in [-0.2, 0) is 13.5 Å². The average molecular weight is 223 g/mol. The molecule has 0 atom stereocenters. The Labute approximate surface area is 92.7 Å². The molecular weight excluding hydrogens is 212 g/mol. The summed E-state index contributed by atoms with van der Waals surface area (Å²) in [7, 11) is 1.77. The lowest BCUT2D eigenvalue weighted by Crippen LogP contribution is -1.97. The van der Waals surface area contributed by atoms with E-state index in [0.717, 1.165) is 10.6 Å². The Morgan fingerprint density at radius 3 is 2.87 bits per heavy atom. The van der Waals surface area contributed by atoms with Crippen LogP contribution >= 0.6 is 11.6 Å². The smallest absolute Gasteiger partial charge is 0.218 e. The third kappa shape index (κ3) is 2.27.